The minimum Gasteiger partial charge on any atom is -0.423 e. The molecule has 4 rings (SSSR count). The van der Waals surface area contributed by atoms with E-state index in [4.69, 9.17) is 4.42 Å². The highest BCUT2D eigenvalue weighted by Gasteiger charge is 2.14. The average Bonchev–Trinajstić information content (AvgIpc) is 3.06. The van der Waals surface area contributed by atoms with E-state index in [9.17, 15) is 0 Å². The Morgan fingerprint density at radius 1 is 1.04 bits per heavy atom. The van der Waals surface area contributed by atoms with Gasteiger partial charge in [0.2, 0.25) is 0 Å². The van der Waals surface area contributed by atoms with E-state index in [1.807, 2.05) is 6.07 Å². The molecule has 1 aromatic heterocycles. The topological polar surface area (TPSA) is 44.5 Å². The quantitative estimate of drug-likeness (QED) is 0.725. The Balaban J connectivity index is 1.41. The van der Waals surface area contributed by atoms with Crippen LogP contribution in [0.2, 0.25) is 0 Å². The lowest BCUT2D eigenvalue weighted by atomic mass is 10.0. The summed E-state index contributed by atoms with van der Waals surface area (Å²) < 4.78 is 5.83. The summed E-state index contributed by atoms with van der Waals surface area (Å²) in [5, 5.41) is 3.28. The molecular formula is C22H28N4O. The molecule has 2 aromatic carbocycles. The lowest BCUT2D eigenvalue weighted by Crippen LogP contribution is -2.43. The van der Waals surface area contributed by atoms with Gasteiger partial charge in [-0.1, -0.05) is 32.0 Å². The molecule has 1 saturated heterocycles. The van der Waals surface area contributed by atoms with Gasteiger partial charge in [0.1, 0.15) is 5.52 Å². The molecular weight excluding hydrogens is 336 g/mol. The van der Waals surface area contributed by atoms with Gasteiger partial charge in [-0.3, -0.25) is 4.90 Å². The van der Waals surface area contributed by atoms with Crippen molar-refractivity contribution < 1.29 is 4.42 Å². The second-order valence-electron chi connectivity index (χ2n) is 7.80. The fourth-order valence-electron chi connectivity index (χ4n) is 3.44. The van der Waals surface area contributed by atoms with Gasteiger partial charge in [-0.15, -0.1) is 0 Å². The van der Waals surface area contributed by atoms with Crippen LogP contribution in [0.1, 0.15) is 30.9 Å². The molecule has 5 heteroatoms. The molecule has 0 radical (unpaired) electrons. The van der Waals surface area contributed by atoms with Crippen molar-refractivity contribution in [2.45, 2.75) is 26.3 Å². The SMILES string of the molecule is CC(C)c1ccc2oc(Nc3ccc(CN4CCN(C)CC4)cc3)nc2c1. The van der Waals surface area contributed by atoms with Crippen molar-refractivity contribution in [1.82, 2.24) is 14.8 Å². The van der Waals surface area contributed by atoms with Crippen LogP contribution in [0.15, 0.2) is 46.9 Å². The second kappa shape index (κ2) is 7.71. The summed E-state index contributed by atoms with van der Waals surface area (Å²) in [5.41, 5.74) is 5.32. The predicted octanol–water partition coefficient (Wildman–Crippen LogP) is 4.44. The van der Waals surface area contributed by atoms with Crippen molar-refractivity contribution >= 4 is 22.8 Å². The first-order chi connectivity index (χ1) is 13.1. The highest BCUT2D eigenvalue weighted by atomic mass is 16.4. The minimum absolute atomic E-state index is 0.482. The van der Waals surface area contributed by atoms with E-state index in [1.165, 1.54) is 11.1 Å². The molecule has 2 heterocycles. The molecule has 1 aliphatic rings. The third-order valence-corrected chi connectivity index (χ3v) is 5.29. The van der Waals surface area contributed by atoms with Crippen molar-refractivity contribution in [2.24, 2.45) is 0 Å². The van der Waals surface area contributed by atoms with Crippen molar-refractivity contribution in [2.75, 3.05) is 38.5 Å². The number of aromatic nitrogens is 1. The molecule has 0 spiro atoms. The van der Waals surface area contributed by atoms with Gasteiger partial charge in [0.05, 0.1) is 0 Å². The lowest BCUT2D eigenvalue weighted by molar-refractivity contribution is 0.148. The average molecular weight is 364 g/mol. The first kappa shape index (κ1) is 18.0. The summed E-state index contributed by atoms with van der Waals surface area (Å²) in [5.74, 6) is 0.482. The zero-order valence-corrected chi connectivity index (χ0v) is 16.4. The summed E-state index contributed by atoms with van der Waals surface area (Å²) in [6.45, 7) is 9.95. The summed E-state index contributed by atoms with van der Waals surface area (Å²) in [4.78, 5) is 9.48. The highest BCUT2D eigenvalue weighted by molar-refractivity contribution is 5.76. The maximum Gasteiger partial charge on any atom is 0.300 e. The first-order valence-corrected chi connectivity index (χ1v) is 9.74. The Bertz CT molecular complexity index is 892. The molecule has 0 amide bonds. The van der Waals surface area contributed by atoms with Crippen molar-refractivity contribution in [3.05, 3.63) is 53.6 Å². The Kier molecular flexibility index (Phi) is 5.14. The monoisotopic (exact) mass is 364 g/mol. The van der Waals surface area contributed by atoms with Crippen LogP contribution in [-0.4, -0.2) is 48.0 Å². The Labute approximate surface area is 161 Å². The fraction of sp³-hybridized carbons (Fsp3) is 0.409. The molecule has 0 atom stereocenters. The number of hydrogen-bond acceptors (Lipinski definition) is 5. The number of fused-ring (bicyclic) bond motifs is 1. The number of oxazole rings is 1. The van der Waals surface area contributed by atoms with Gasteiger partial charge >= 0.3 is 0 Å². The molecule has 0 aliphatic carbocycles. The van der Waals surface area contributed by atoms with Crippen LogP contribution in [0.3, 0.4) is 0 Å². The zero-order valence-electron chi connectivity index (χ0n) is 16.4. The van der Waals surface area contributed by atoms with Crippen LogP contribution in [0.5, 0.6) is 0 Å². The van der Waals surface area contributed by atoms with Crippen LogP contribution in [0.25, 0.3) is 11.1 Å². The van der Waals surface area contributed by atoms with Gasteiger partial charge in [0.15, 0.2) is 5.58 Å². The minimum atomic E-state index is 0.482. The molecule has 3 aromatic rings. The number of benzene rings is 2. The molecule has 5 nitrogen and oxygen atoms in total. The molecule has 1 aliphatic heterocycles. The zero-order chi connectivity index (χ0) is 18.8. The van der Waals surface area contributed by atoms with Crippen LogP contribution in [0, 0.1) is 0 Å². The maximum atomic E-state index is 5.83. The van der Waals surface area contributed by atoms with Crippen LogP contribution in [-0.2, 0) is 6.54 Å². The first-order valence-electron chi connectivity index (χ1n) is 9.74. The number of rotatable bonds is 5. The van der Waals surface area contributed by atoms with Crippen molar-refractivity contribution in [1.29, 1.82) is 0 Å². The summed E-state index contributed by atoms with van der Waals surface area (Å²) >= 11 is 0. The second-order valence-corrected chi connectivity index (χ2v) is 7.80. The standard InChI is InChI=1S/C22H28N4O/c1-16(2)18-6-9-21-20(14-18)24-22(27-21)23-19-7-4-17(5-8-19)15-26-12-10-25(3)11-13-26/h4-9,14,16H,10-13,15H2,1-3H3,(H,23,24). The van der Waals surface area contributed by atoms with E-state index in [2.05, 4.69) is 77.4 Å². The van der Waals surface area contributed by atoms with Gasteiger partial charge in [-0.25, -0.2) is 0 Å². The summed E-state index contributed by atoms with van der Waals surface area (Å²) in [7, 11) is 2.19. The molecule has 142 valence electrons. The number of likely N-dealkylation sites (N-methyl/N-ethyl adjacent to an activating group) is 1. The van der Waals surface area contributed by atoms with Gasteiger partial charge in [0, 0.05) is 38.4 Å². The van der Waals surface area contributed by atoms with Crippen molar-refractivity contribution in [3.63, 3.8) is 0 Å². The highest BCUT2D eigenvalue weighted by Crippen LogP contribution is 2.25. The van der Waals surface area contributed by atoms with Crippen LogP contribution < -0.4 is 5.32 Å². The number of hydrogen-bond donors (Lipinski definition) is 1. The lowest BCUT2D eigenvalue weighted by Gasteiger charge is -2.32. The Hall–Kier alpha value is -2.37. The van der Waals surface area contributed by atoms with Crippen LogP contribution in [0.4, 0.5) is 11.7 Å². The smallest absolute Gasteiger partial charge is 0.300 e. The molecule has 1 N–H and O–H groups in total. The molecule has 1 fully saturated rings. The van der Waals surface area contributed by atoms with E-state index in [0.29, 0.717) is 11.9 Å². The molecule has 0 saturated carbocycles. The third-order valence-electron chi connectivity index (χ3n) is 5.29. The van der Waals surface area contributed by atoms with Gasteiger partial charge < -0.3 is 14.6 Å². The van der Waals surface area contributed by atoms with Crippen molar-refractivity contribution in [3.8, 4) is 0 Å². The van der Waals surface area contributed by atoms with E-state index >= 15 is 0 Å². The fourth-order valence-corrected chi connectivity index (χ4v) is 3.44. The Morgan fingerprint density at radius 2 is 1.78 bits per heavy atom. The largest absolute Gasteiger partial charge is 0.423 e. The normalized spacial score (nSPS) is 16.3. The number of nitrogens with zero attached hydrogens (tertiary/aromatic N) is 3. The third kappa shape index (κ3) is 4.31. The number of piperazine rings is 1. The molecule has 27 heavy (non-hydrogen) atoms. The van der Waals surface area contributed by atoms with Gasteiger partial charge in [-0.2, -0.15) is 4.98 Å². The van der Waals surface area contributed by atoms with E-state index < -0.39 is 0 Å². The van der Waals surface area contributed by atoms with Gasteiger partial charge in [0.25, 0.3) is 6.01 Å². The predicted molar refractivity (Wildman–Crippen MR) is 111 cm³/mol. The number of anilines is 2. The van der Waals surface area contributed by atoms with E-state index in [0.717, 1.165) is 49.5 Å². The van der Waals surface area contributed by atoms with E-state index in [-0.39, 0.29) is 0 Å². The van der Waals surface area contributed by atoms with Crippen LogP contribution >= 0.6 is 0 Å². The number of nitrogens with one attached hydrogen (secondary N) is 1. The summed E-state index contributed by atoms with van der Waals surface area (Å²) in [6.07, 6.45) is 0. The molecule has 0 bridgehead atoms. The summed E-state index contributed by atoms with van der Waals surface area (Å²) in [6, 6.07) is 15.3. The molecule has 0 unspecified atom stereocenters. The van der Waals surface area contributed by atoms with E-state index in [1.54, 1.807) is 0 Å². The van der Waals surface area contributed by atoms with Gasteiger partial charge in [-0.05, 0) is 48.4 Å². The maximum absolute atomic E-state index is 5.83. The Morgan fingerprint density at radius 3 is 2.48 bits per heavy atom.